The van der Waals surface area contributed by atoms with Crippen LogP contribution in [0.15, 0.2) is 36.4 Å². The lowest BCUT2D eigenvalue weighted by atomic mass is 9.95. The van der Waals surface area contributed by atoms with Crippen LogP contribution in [0.1, 0.15) is 51.4 Å². The Balaban J connectivity index is 1.11. The minimum Gasteiger partial charge on any atom is -0.495 e. The molecule has 6 nitrogen and oxygen atoms in total. The first-order chi connectivity index (χ1) is 18.5. The van der Waals surface area contributed by atoms with Crippen LogP contribution < -0.4 is 30.7 Å². The zero-order chi connectivity index (χ0) is 26.2. The van der Waals surface area contributed by atoms with Crippen molar-refractivity contribution in [3.05, 3.63) is 36.4 Å². The summed E-state index contributed by atoms with van der Waals surface area (Å²) in [5, 5.41) is 15.1. The second-order valence-corrected chi connectivity index (χ2v) is 12.4. The van der Waals surface area contributed by atoms with E-state index in [0.29, 0.717) is 22.3 Å². The minimum absolute atomic E-state index is 0.495. The summed E-state index contributed by atoms with van der Waals surface area (Å²) < 4.78 is 11.5. The van der Waals surface area contributed by atoms with E-state index in [4.69, 9.17) is 33.9 Å². The van der Waals surface area contributed by atoms with Gasteiger partial charge in [0.2, 0.25) is 0 Å². The lowest BCUT2D eigenvalue weighted by Gasteiger charge is -2.25. The van der Waals surface area contributed by atoms with E-state index in [2.05, 4.69) is 33.4 Å². The SMILES string of the molecule is COc1cc(-c2ccc(NC(=S)N[C@@H]3C[C@H]4CC[C@@H]3C4)c(OC)c2)ccc1NC(=S)N[C@@H]1C[C@H]2CC[C@@H]1C2. The Morgan fingerprint density at radius 1 is 0.658 bits per heavy atom. The van der Waals surface area contributed by atoms with Crippen molar-refractivity contribution in [1.29, 1.82) is 0 Å². The maximum atomic E-state index is 5.73. The average Bonchev–Trinajstić information content (AvgIpc) is 3.72. The standard InChI is InChI=1S/C30H38N4O2S2/c1-35-27-15-19(7-9-23(27)31-29(37)33-25-13-17-3-5-21(25)11-17)20-8-10-24(28(16-20)36-2)32-30(38)34-26-14-18-4-6-22(26)12-18/h7-10,15-18,21-22,25-26H,3-6,11-14H2,1-2H3,(H2,31,33,37)(H2,32,34,38)/t17-,18-,21+,22+,25+,26+/m0/s1. The van der Waals surface area contributed by atoms with Crippen LogP contribution in [0, 0.1) is 23.7 Å². The second-order valence-electron chi connectivity index (χ2n) is 11.6. The summed E-state index contributed by atoms with van der Waals surface area (Å²) in [5.41, 5.74) is 3.79. The van der Waals surface area contributed by atoms with Crippen molar-refractivity contribution >= 4 is 46.0 Å². The van der Waals surface area contributed by atoms with Gasteiger partial charge in [-0.1, -0.05) is 25.0 Å². The molecule has 4 fully saturated rings. The van der Waals surface area contributed by atoms with E-state index in [1.54, 1.807) is 14.2 Å². The molecule has 0 radical (unpaired) electrons. The Labute approximate surface area is 236 Å². The molecule has 4 aliphatic carbocycles. The van der Waals surface area contributed by atoms with Crippen molar-refractivity contribution in [2.75, 3.05) is 24.9 Å². The van der Waals surface area contributed by atoms with Gasteiger partial charge in [0.05, 0.1) is 25.6 Å². The van der Waals surface area contributed by atoms with E-state index >= 15 is 0 Å². The third kappa shape index (κ3) is 5.30. The van der Waals surface area contributed by atoms with Crippen molar-refractivity contribution < 1.29 is 9.47 Å². The molecule has 38 heavy (non-hydrogen) atoms. The van der Waals surface area contributed by atoms with E-state index in [0.717, 1.165) is 57.7 Å². The summed E-state index contributed by atoms with van der Waals surface area (Å²) in [5.74, 6) is 4.77. The molecular weight excluding hydrogens is 512 g/mol. The van der Waals surface area contributed by atoms with Gasteiger partial charge >= 0.3 is 0 Å². The number of nitrogens with one attached hydrogen (secondary N) is 4. The Morgan fingerprint density at radius 2 is 1.11 bits per heavy atom. The third-order valence-electron chi connectivity index (χ3n) is 9.34. The fraction of sp³-hybridized carbons (Fsp3) is 0.533. The Bertz CT molecular complexity index is 1130. The quantitative estimate of drug-likeness (QED) is 0.299. The number of anilines is 2. The van der Waals surface area contributed by atoms with E-state index in [-0.39, 0.29) is 0 Å². The smallest absolute Gasteiger partial charge is 0.171 e. The molecule has 2 aromatic carbocycles. The van der Waals surface area contributed by atoms with Crippen LogP contribution in [-0.2, 0) is 0 Å². The molecule has 4 N–H and O–H groups in total. The molecule has 0 saturated heterocycles. The molecule has 0 amide bonds. The first-order valence-electron chi connectivity index (χ1n) is 14.0. The van der Waals surface area contributed by atoms with Crippen LogP contribution in [-0.4, -0.2) is 36.5 Å². The van der Waals surface area contributed by atoms with Gasteiger partial charge in [0, 0.05) is 12.1 Å². The normalized spacial score (nSPS) is 28.7. The highest BCUT2D eigenvalue weighted by Crippen LogP contribution is 2.45. The molecule has 0 spiro atoms. The molecular formula is C30H38N4O2S2. The van der Waals surface area contributed by atoms with Crippen molar-refractivity contribution in [2.45, 2.75) is 63.5 Å². The van der Waals surface area contributed by atoms with Crippen LogP contribution in [0.2, 0.25) is 0 Å². The fourth-order valence-electron chi connectivity index (χ4n) is 7.44. The van der Waals surface area contributed by atoms with Crippen molar-refractivity contribution in [1.82, 2.24) is 10.6 Å². The van der Waals surface area contributed by atoms with Crippen molar-refractivity contribution in [3.63, 3.8) is 0 Å². The van der Waals surface area contributed by atoms with Crippen LogP contribution in [0.4, 0.5) is 11.4 Å². The first kappa shape index (κ1) is 25.7. The van der Waals surface area contributed by atoms with Gasteiger partial charge in [-0.2, -0.15) is 0 Å². The Morgan fingerprint density at radius 3 is 1.45 bits per heavy atom. The number of hydrogen-bond donors (Lipinski definition) is 4. The van der Waals surface area contributed by atoms with Gasteiger partial charge in [0.25, 0.3) is 0 Å². The first-order valence-corrected chi connectivity index (χ1v) is 14.8. The molecule has 0 unspecified atom stereocenters. The van der Waals surface area contributed by atoms with Crippen molar-refractivity contribution in [2.24, 2.45) is 23.7 Å². The number of benzene rings is 2. The largest absolute Gasteiger partial charge is 0.495 e. The van der Waals surface area contributed by atoms with Crippen LogP contribution in [0.5, 0.6) is 11.5 Å². The monoisotopic (exact) mass is 550 g/mol. The molecule has 4 saturated carbocycles. The predicted molar refractivity (Wildman–Crippen MR) is 162 cm³/mol. The fourth-order valence-corrected chi connectivity index (χ4v) is 7.97. The second kappa shape index (κ2) is 10.9. The van der Waals surface area contributed by atoms with Gasteiger partial charge in [0.1, 0.15) is 11.5 Å². The van der Waals surface area contributed by atoms with Gasteiger partial charge in [-0.15, -0.1) is 0 Å². The number of ether oxygens (including phenoxy) is 2. The highest BCUT2D eigenvalue weighted by Gasteiger charge is 2.40. The molecule has 202 valence electrons. The molecule has 0 aromatic heterocycles. The van der Waals surface area contributed by atoms with E-state index in [1.807, 2.05) is 24.3 Å². The maximum absolute atomic E-state index is 5.73. The molecule has 0 aliphatic heterocycles. The van der Waals surface area contributed by atoms with Gasteiger partial charge in [0.15, 0.2) is 10.2 Å². The number of thiocarbonyl (C=S) groups is 2. The van der Waals surface area contributed by atoms with Crippen LogP contribution >= 0.6 is 24.4 Å². The summed E-state index contributed by atoms with van der Waals surface area (Å²) in [4.78, 5) is 0. The lowest BCUT2D eigenvalue weighted by molar-refractivity contribution is 0.391. The summed E-state index contributed by atoms with van der Waals surface area (Å²) in [6.45, 7) is 0. The molecule has 4 aliphatic rings. The van der Waals surface area contributed by atoms with Crippen LogP contribution in [0.3, 0.4) is 0 Å². The van der Waals surface area contributed by atoms with E-state index in [1.165, 1.54) is 51.4 Å². The number of hydrogen-bond acceptors (Lipinski definition) is 4. The topological polar surface area (TPSA) is 66.6 Å². The summed E-state index contributed by atoms with van der Waals surface area (Å²) in [6.07, 6.45) is 10.6. The van der Waals surface area contributed by atoms with Crippen LogP contribution in [0.25, 0.3) is 11.1 Å². The molecule has 8 heteroatoms. The predicted octanol–water partition coefficient (Wildman–Crippen LogP) is 6.32. The zero-order valence-corrected chi connectivity index (χ0v) is 23.9. The zero-order valence-electron chi connectivity index (χ0n) is 22.2. The summed E-state index contributed by atoms with van der Waals surface area (Å²) >= 11 is 11.3. The molecule has 2 aromatic rings. The molecule has 4 bridgehead atoms. The van der Waals surface area contributed by atoms with Gasteiger partial charge in [-0.05, 0) is 122 Å². The lowest BCUT2D eigenvalue weighted by Crippen LogP contribution is -2.40. The molecule has 6 rings (SSSR count). The van der Waals surface area contributed by atoms with Gasteiger partial charge < -0.3 is 30.7 Å². The summed E-state index contributed by atoms with van der Waals surface area (Å²) in [7, 11) is 3.38. The number of fused-ring (bicyclic) bond motifs is 4. The van der Waals surface area contributed by atoms with Gasteiger partial charge in [-0.25, -0.2) is 0 Å². The Kier molecular flexibility index (Phi) is 7.36. The van der Waals surface area contributed by atoms with E-state index in [9.17, 15) is 0 Å². The Hall–Kier alpha value is -2.58. The van der Waals surface area contributed by atoms with Gasteiger partial charge in [-0.3, -0.25) is 0 Å². The molecule has 6 atom stereocenters. The van der Waals surface area contributed by atoms with Crippen molar-refractivity contribution in [3.8, 4) is 22.6 Å². The summed E-state index contributed by atoms with van der Waals surface area (Å²) in [6, 6.07) is 13.3. The number of rotatable bonds is 7. The van der Waals surface area contributed by atoms with E-state index < -0.39 is 0 Å². The number of methoxy groups -OCH3 is 2. The minimum atomic E-state index is 0.495. The highest BCUT2D eigenvalue weighted by molar-refractivity contribution is 7.80. The third-order valence-corrected chi connectivity index (χ3v) is 9.78. The highest BCUT2D eigenvalue weighted by atomic mass is 32.1. The molecule has 0 heterocycles. The maximum Gasteiger partial charge on any atom is 0.171 e. The average molecular weight is 551 g/mol.